The molecule has 0 aliphatic rings. The van der Waals surface area contributed by atoms with E-state index in [1.54, 1.807) is 0 Å². The van der Waals surface area contributed by atoms with Crippen molar-refractivity contribution in [3.8, 4) is 0 Å². The molecule has 0 spiro atoms. The van der Waals surface area contributed by atoms with Crippen molar-refractivity contribution in [2.24, 2.45) is 0 Å². The number of nitrogens with one attached hydrogen (secondary N) is 1. The number of rotatable bonds is 3. The van der Waals surface area contributed by atoms with E-state index < -0.39 is 15.8 Å². The van der Waals surface area contributed by atoms with Crippen molar-refractivity contribution in [3.05, 3.63) is 40.1 Å². The molecule has 0 unspecified atom stereocenters. The van der Waals surface area contributed by atoms with E-state index in [2.05, 4.69) is 25.6 Å². The summed E-state index contributed by atoms with van der Waals surface area (Å²) in [6.45, 7) is 0. The fourth-order valence-electron chi connectivity index (χ4n) is 1.11. The molecule has 1 heterocycles. The first-order valence-corrected chi connectivity index (χ1v) is 7.46. The van der Waals surface area contributed by atoms with Crippen molar-refractivity contribution in [2.75, 3.05) is 4.72 Å². The second-order valence-corrected chi connectivity index (χ2v) is 7.12. The van der Waals surface area contributed by atoms with E-state index in [1.807, 2.05) is 0 Å². The van der Waals surface area contributed by atoms with Crippen LogP contribution in [-0.2, 0) is 10.0 Å². The summed E-state index contributed by atoms with van der Waals surface area (Å²) in [6.07, 6.45) is 1.48. The van der Waals surface area contributed by atoms with E-state index in [-0.39, 0.29) is 10.0 Å². The third-order valence-electron chi connectivity index (χ3n) is 1.81. The summed E-state index contributed by atoms with van der Waals surface area (Å²) in [7, 11) is -3.79. The number of nitrogens with zero attached hydrogens (tertiary/aromatic N) is 1. The van der Waals surface area contributed by atoms with E-state index in [0.717, 1.165) is 17.4 Å². The number of sulfonamides is 1. The summed E-state index contributed by atoms with van der Waals surface area (Å²) in [6, 6.07) is 4.78. The molecule has 1 aromatic heterocycles. The Morgan fingerprint density at radius 1 is 1.41 bits per heavy atom. The van der Waals surface area contributed by atoms with Crippen LogP contribution in [0.15, 0.2) is 39.1 Å². The lowest BCUT2D eigenvalue weighted by molar-refractivity contribution is 0.595. The molecule has 90 valence electrons. The van der Waals surface area contributed by atoms with Gasteiger partial charge in [-0.25, -0.2) is 17.8 Å². The van der Waals surface area contributed by atoms with Gasteiger partial charge in [-0.15, -0.1) is 0 Å². The van der Waals surface area contributed by atoms with Gasteiger partial charge in [0.2, 0.25) is 0 Å². The lowest BCUT2D eigenvalue weighted by atomic mass is 10.4. The molecule has 0 amide bonds. The Morgan fingerprint density at radius 2 is 2.18 bits per heavy atom. The van der Waals surface area contributed by atoms with Crippen LogP contribution in [0.3, 0.4) is 0 Å². The first-order valence-electron chi connectivity index (χ1n) is 4.37. The molecule has 0 atom stereocenters. The Morgan fingerprint density at radius 3 is 2.76 bits per heavy atom. The van der Waals surface area contributed by atoms with Gasteiger partial charge in [0.25, 0.3) is 10.0 Å². The topological polar surface area (TPSA) is 59.1 Å². The van der Waals surface area contributed by atoms with Gasteiger partial charge < -0.3 is 0 Å². The summed E-state index contributed by atoms with van der Waals surface area (Å²) in [5, 5.41) is 0.223. The van der Waals surface area contributed by atoms with Crippen LogP contribution in [0.4, 0.5) is 9.52 Å². The fourth-order valence-corrected chi connectivity index (χ4v) is 3.49. The zero-order chi connectivity index (χ0) is 12.5. The smallest absolute Gasteiger partial charge is 0.255 e. The van der Waals surface area contributed by atoms with Crippen LogP contribution >= 0.6 is 27.3 Å². The van der Waals surface area contributed by atoms with E-state index in [4.69, 9.17) is 0 Å². The van der Waals surface area contributed by atoms with Crippen molar-refractivity contribution in [1.82, 2.24) is 4.98 Å². The zero-order valence-corrected chi connectivity index (χ0v) is 11.4. The standard InChI is InChI=1S/C9H6BrFN2O2S2/c10-8-5-12-9(16-8)13-17(14,15)7-3-1-2-6(11)4-7/h1-5H,(H,12,13). The van der Waals surface area contributed by atoms with Crippen LogP contribution in [0, 0.1) is 5.82 Å². The number of hydrogen-bond acceptors (Lipinski definition) is 4. The van der Waals surface area contributed by atoms with Crippen LogP contribution in [-0.4, -0.2) is 13.4 Å². The Hall–Kier alpha value is -0.990. The molecule has 0 radical (unpaired) electrons. The molecule has 2 rings (SSSR count). The van der Waals surface area contributed by atoms with Crippen LogP contribution in [0.2, 0.25) is 0 Å². The van der Waals surface area contributed by atoms with E-state index in [0.29, 0.717) is 3.79 Å². The summed E-state index contributed by atoms with van der Waals surface area (Å²) in [4.78, 5) is 3.70. The van der Waals surface area contributed by atoms with E-state index >= 15 is 0 Å². The zero-order valence-electron chi connectivity index (χ0n) is 8.22. The molecule has 0 fully saturated rings. The summed E-state index contributed by atoms with van der Waals surface area (Å²) >= 11 is 4.30. The molecule has 0 saturated carbocycles. The van der Waals surface area contributed by atoms with Gasteiger partial charge in [0.1, 0.15) is 5.82 Å². The largest absolute Gasteiger partial charge is 0.263 e. The summed E-state index contributed by atoms with van der Waals surface area (Å²) in [5.74, 6) is -0.604. The van der Waals surface area contributed by atoms with Gasteiger partial charge in [-0.05, 0) is 34.1 Å². The highest BCUT2D eigenvalue weighted by Crippen LogP contribution is 2.25. The second-order valence-electron chi connectivity index (χ2n) is 3.03. The first kappa shape index (κ1) is 12.5. The van der Waals surface area contributed by atoms with Gasteiger partial charge in [0.05, 0.1) is 14.9 Å². The molecule has 2 aromatic rings. The van der Waals surface area contributed by atoms with E-state index in [1.165, 1.54) is 24.4 Å². The predicted octanol–water partition coefficient (Wildman–Crippen LogP) is 2.85. The number of thiazole rings is 1. The molecule has 4 nitrogen and oxygen atoms in total. The SMILES string of the molecule is O=S(=O)(Nc1ncc(Br)s1)c1cccc(F)c1. The number of hydrogen-bond donors (Lipinski definition) is 1. The van der Waals surface area contributed by atoms with Crippen LogP contribution in [0.5, 0.6) is 0 Å². The Bertz CT molecular complexity index is 642. The van der Waals surface area contributed by atoms with Crippen LogP contribution in [0.25, 0.3) is 0 Å². The number of aromatic nitrogens is 1. The molecule has 17 heavy (non-hydrogen) atoms. The molecule has 0 saturated heterocycles. The van der Waals surface area contributed by atoms with Gasteiger partial charge >= 0.3 is 0 Å². The first-order chi connectivity index (χ1) is 7.97. The van der Waals surface area contributed by atoms with Gasteiger partial charge in [0, 0.05) is 0 Å². The van der Waals surface area contributed by atoms with Crippen molar-refractivity contribution < 1.29 is 12.8 Å². The molecule has 0 aliphatic heterocycles. The quantitative estimate of drug-likeness (QED) is 0.937. The lowest BCUT2D eigenvalue weighted by Crippen LogP contribution is -2.12. The monoisotopic (exact) mass is 336 g/mol. The van der Waals surface area contributed by atoms with Crippen molar-refractivity contribution in [3.63, 3.8) is 0 Å². The maximum atomic E-state index is 12.9. The maximum Gasteiger partial charge on any atom is 0.263 e. The van der Waals surface area contributed by atoms with Gasteiger partial charge in [-0.1, -0.05) is 17.4 Å². The van der Waals surface area contributed by atoms with Crippen LogP contribution < -0.4 is 4.72 Å². The highest BCUT2D eigenvalue weighted by atomic mass is 79.9. The van der Waals surface area contributed by atoms with Crippen LogP contribution in [0.1, 0.15) is 0 Å². The normalized spacial score (nSPS) is 11.4. The van der Waals surface area contributed by atoms with Crippen molar-refractivity contribution in [2.45, 2.75) is 4.90 Å². The average molecular weight is 337 g/mol. The number of benzene rings is 1. The Labute approximate surface area is 110 Å². The maximum absolute atomic E-state index is 12.9. The summed E-state index contributed by atoms with van der Waals surface area (Å²) in [5.41, 5.74) is 0. The minimum atomic E-state index is -3.79. The predicted molar refractivity (Wildman–Crippen MR) is 67.0 cm³/mol. The van der Waals surface area contributed by atoms with Gasteiger partial charge in [0.15, 0.2) is 5.13 Å². The Kier molecular flexibility index (Phi) is 3.45. The molecule has 1 N–H and O–H groups in total. The number of anilines is 1. The van der Waals surface area contributed by atoms with Gasteiger partial charge in [-0.3, -0.25) is 4.72 Å². The number of halogens is 2. The molecule has 0 bridgehead atoms. The molecule has 1 aromatic carbocycles. The second kappa shape index (κ2) is 4.71. The average Bonchev–Trinajstić information content (AvgIpc) is 2.63. The summed E-state index contributed by atoms with van der Waals surface area (Å²) < 4.78 is 39.6. The van der Waals surface area contributed by atoms with Crippen molar-refractivity contribution >= 4 is 42.4 Å². The third kappa shape index (κ3) is 3.02. The van der Waals surface area contributed by atoms with E-state index in [9.17, 15) is 12.8 Å². The van der Waals surface area contributed by atoms with Gasteiger partial charge in [-0.2, -0.15) is 0 Å². The highest BCUT2D eigenvalue weighted by Gasteiger charge is 2.16. The highest BCUT2D eigenvalue weighted by molar-refractivity contribution is 9.11. The molecule has 0 aliphatic carbocycles. The fraction of sp³-hybridized carbons (Fsp3) is 0. The minimum absolute atomic E-state index is 0.135. The molecule has 8 heteroatoms. The Balaban J connectivity index is 2.31. The molecular formula is C9H6BrFN2O2S2. The minimum Gasteiger partial charge on any atom is -0.255 e. The van der Waals surface area contributed by atoms with Crippen molar-refractivity contribution in [1.29, 1.82) is 0 Å². The lowest BCUT2D eigenvalue weighted by Gasteiger charge is -2.04. The molecular weight excluding hydrogens is 331 g/mol. The third-order valence-corrected chi connectivity index (χ3v) is 4.66.